The lowest BCUT2D eigenvalue weighted by Crippen LogP contribution is -2.01. The molecule has 26 heavy (non-hydrogen) atoms. The van der Waals surface area contributed by atoms with Crippen molar-refractivity contribution in [3.8, 4) is 16.9 Å². The molecule has 0 aliphatic heterocycles. The molecule has 0 saturated heterocycles. The van der Waals surface area contributed by atoms with E-state index in [2.05, 4.69) is 26.0 Å². The first kappa shape index (κ1) is 19.9. The number of nitrogen functional groups attached to an aromatic ring is 1. The van der Waals surface area contributed by atoms with Gasteiger partial charge in [-0.05, 0) is 36.6 Å². The quantitative estimate of drug-likeness (QED) is 0.674. The van der Waals surface area contributed by atoms with Crippen LogP contribution in [0.1, 0.15) is 19.5 Å². The van der Waals surface area contributed by atoms with Gasteiger partial charge in [-0.25, -0.2) is 4.68 Å². The zero-order chi connectivity index (χ0) is 19.1. The molecule has 0 bridgehead atoms. The Morgan fingerprint density at radius 1 is 1.08 bits per heavy atom. The first-order chi connectivity index (χ1) is 12.5. The van der Waals surface area contributed by atoms with Gasteiger partial charge in [0.05, 0.1) is 22.1 Å². The minimum atomic E-state index is -0.750. The van der Waals surface area contributed by atoms with E-state index in [9.17, 15) is 0 Å². The van der Waals surface area contributed by atoms with Gasteiger partial charge in [-0.3, -0.25) is 0 Å². The van der Waals surface area contributed by atoms with Crippen molar-refractivity contribution in [2.45, 2.75) is 20.3 Å². The topological polar surface area (TPSA) is 78.0 Å². The molecule has 0 atom stereocenters. The third-order valence-electron chi connectivity index (χ3n) is 3.68. The molecule has 0 aliphatic rings. The van der Waals surface area contributed by atoms with Crippen molar-refractivity contribution in [1.29, 1.82) is 0 Å². The van der Waals surface area contributed by atoms with E-state index < -0.39 is 11.6 Å². The van der Waals surface area contributed by atoms with Crippen LogP contribution in [0.4, 0.5) is 5.69 Å². The molecular weight excluding hydrogens is 370 g/mol. The second-order valence-corrected chi connectivity index (χ2v) is 6.66. The number of nitrogens with zero attached hydrogens (tertiary/aromatic N) is 2. The summed E-state index contributed by atoms with van der Waals surface area (Å²) in [5, 5.41) is 5.49. The van der Waals surface area contributed by atoms with Crippen LogP contribution in [0.5, 0.6) is 0 Å². The number of hydrogen-bond donors (Lipinski definition) is 1. The maximum atomic E-state index is 8.29. The zero-order valence-corrected chi connectivity index (χ0v) is 16.1. The molecule has 0 radical (unpaired) electrons. The molecule has 136 valence electrons. The molecule has 3 rings (SSSR count). The van der Waals surface area contributed by atoms with E-state index in [-0.39, 0.29) is 0 Å². The molecule has 0 aliphatic carbocycles. The largest absolute Gasteiger partial charge is 0.399 e. The van der Waals surface area contributed by atoms with Crippen molar-refractivity contribution >= 4 is 28.9 Å². The first-order valence-corrected chi connectivity index (χ1v) is 9.12. The van der Waals surface area contributed by atoms with Crippen molar-refractivity contribution < 1.29 is 8.42 Å². The summed E-state index contributed by atoms with van der Waals surface area (Å²) >= 11 is 5.93. The highest BCUT2D eigenvalue weighted by atomic mass is 35.5. The van der Waals surface area contributed by atoms with E-state index >= 15 is 0 Å². The average Bonchev–Trinajstić information content (AvgIpc) is 2.93. The van der Waals surface area contributed by atoms with E-state index in [1.54, 1.807) is 0 Å². The molecule has 0 spiro atoms. The van der Waals surface area contributed by atoms with Gasteiger partial charge in [0.15, 0.2) is 0 Å². The van der Waals surface area contributed by atoms with Crippen LogP contribution >= 0.6 is 11.6 Å². The van der Waals surface area contributed by atoms with Crippen molar-refractivity contribution in [2.75, 3.05) is 5.73 Å². The number of anilines is 1. The molecule has 0 saturated carbocycles. The first-order valence-electron chi connectivity index (χ1n) is 8.08. The molecule has 2 aromatic carbocycles. The fraction of sp³-hybridized carbons (Fsp3) is 0.211. The number of rotatable bonds is 4. The van der Waals surface area contributed by atoms with Gasteiger partial charge in [0.1, 0.15) is 0 Å². The predicted molar refractivity (Wildman–Crippen MR) is 106 cm³/mol. The Balaban J connectivity index is 0.000000758. The predicted octanol–water partition coefficient (Wildman–Crippen LogP) is 4.30. The maximum Gasteiger partial charge on any atom is 0.335 e. The third-order valence-corrected chi connectivity index (χ3v) is 4.08. The fourth-order valence-corrected chi connectivity index (χ4v) is 2.91. The summed E-state index contributed by atoms with van der Waals surface area (Å²) in [6, 6.07) is 17.8. The van der Waals surface area contributed by atoms with Crippen LogP contribution in [0.3, 0.4) is 0 Å². The van der Waals surface area contributed by atoms with E-state index in [1.165, 1.54) is 0 Å². The number of nitrogens with two attached hydrogens (primary N) is 1. The summed E-state index contributed by atoms with van der Waals surface area (Å²) in [6.45, 7) is 4.33. The van der Waals surface area contributed by atoms with Gasteiger partial charge in [0.2, 0.25) is 0 Å². The Labute approximate surface area is 161 Å². The second-order valence-electron chi connectivity index (χ2n) is 6.14. The van der Waals surface area contributed by atoms with Crippen LogP contribution in [-0.4, -0.2) is 18.2 Å². The van der Waals surface area contributed by atoms with Crippen LogP contribution in [0.2, 0.25) is 5.02 Å². The molecule has 0 unspecified atom stereocenters. The Kier molecular flexibility index (Phi) is 7.12. The third kappa shape index (κ3) is 4.80. The van der Waals surface area contributed by atoms with Crippen LogP contribution in [0.25, 0.3) is 16.9 Å². The van der Waals surface area contributed by atoms with Crippen molar-refractivity contribution in [3.05, 3.63) is 65.3 Å². The smallest absolute Gasteiger partial charge is 0.335 e. The Morgan fingerprint density at radius 2 is 1.65 bits per heavy atom. The molecule has 1 heterocycles. The Morgan fingerprint density at radius 3 is 2.19 bits per heavy atom. The van der Waals surface area contributed by atoms with Crippen LogP contribution in [-0.2, 0) is 18.0 Å². The highest BCUT2D eigenvalue weighted by Gasteiger charge is 2.19. The number of aromatic nitrogens is 2. The van der Waals surface area contributed by atoms with Gasteiger partial charge in [-0.1, -0.05) is 55.8 Å². The number of halogens is 1. The minimum absolute atomic E-state index is 0.492. The standard InChI is InChI=1S/C19H20ClN3.O2S/c1-13(2)12-17-18(20)19(14-6-4-3-5-7-14)23(22-17)16-10-8-15(21)9-11-16;1-3-2/h3-11,13H,12,21H2,1-2H3;. The van der Waals surface area contributed by atoms with Gasteiger partial charge >= 0.3 is 11.6 Å². The van der Waals surface area contributed by atoms with E-state index in [0.717, 1.165) is 39.8 Å². The van der Waals surface area contributed by atoms with Gasteiger partial charge in [0.25, 0.3) is 0 Å². The van der Waals surface area contributed by atoms with Gasteiger partial charge < -0.3 is 5.73 Å². The summed E-state index contributed by atoms with van der Waals surface area (Å²) < 4.78 is 18.5. The number of benzene rings is 2. The zero-order valence-electron chi connectivity index (χ0n) is 14.6. The molecular formula is C19H20ClN3O2S. The van der Waals surface area contributed by atoms with Crippen LogP contribution < -0.4 is 5.73 Å². The highest BCUT2D eigenvalue weighted by Crippen LogP contribution is 2.34. The van der Waals surface area contributed by atoms with Gasteiger partial charge in [0, 0.05) is 11.3 Å². The summed E-state index contributed by atoms with van der Waals surface area (Å²) in [6.07, 6.45) is 0.848. The summed E-state index contributed by atoms with van der Waals surface area (Å²) in [4.78, 5) is 0. The number of hydrogen-bond acceptors (Lipinski definition) is 4. The van der Waals surface area contributed by atoms with E-state index in [1.807, 2.05) is 47.1 Å². The normalized spacial score (nSPS) is 10.3. The van der Waals surface area contributed by atoms with Crippen molar-refractivity contribution in [1.82, 2.24) is 9.78 Å². The molecule has 0 amide bonds. The lowest BCUT2D eigenvalue weighted by atomic mass is 10.1. The van der Waals surface area contributed by atoms with Crippen molar-refractivity contribution in [2.24, 2.45) is 5.92 Å². The fourth-order valence-electron chi connectivity index (χ4n) is 2.61. The van der Waals surface area contributed by atoms with Crippen LogP contribution in [0.15, 0.2) is 54.6 Å². The highest BCUT2D eigenvalue weighted by molar-refractivity contribution is 7.51. The molecule has 1 aromatic heterocycles. The van der Waals surface area contributed by atoms with E-state index in [4.69, 9.17) is 30.9 Å². The summed E-state index contributed by atoms with van der Waals surface area (Å²) in [5.41, 5.74) is 10.4. The van der Waals surface area contributed by atoms with Gasteiger partial charge in [-0.2, -0.15) is 13.5 Å². The van der Waals surface area contributed by atoms with Crippen LogP contribution in [0, 0.1) is 5.92 Å². The Hall–Kier alpha value is -2.44. The molecule has 2 N–H and O–H groups in total. The molecule has 7 heteroatoms. The van der Waals surface area contributed by atoms with Crippen molar-refractivity contribution in [3.63, 3.8) is 0 Å². The minimum Gasteiger partial charge on any atom is -0.399 e. The summed E-state index contributed by atoms with van der Waals surface area (Å²) in [5.74, 6) is 0.492. The second kappa shape index (κ2) is 9.31. The monoisotopic (exact) mass is 389 g/mol. The Bertz CT molecular complexity index is 887. The average molecular weight is 390 g/mol. The SMILES string of the molecule is CC(C)Cc1nn(-c2ccc(N)cc2)c(-c2ccccc2)c1Cl.O=S=O. The maximum absolute atomic E-state index is 8.29. The molecule has 0 fully saturated rings. The van der Waals surface area contributed by atoms with E-state index in [0.29, 0.717) is 5.92 Å². The molecule has 3 aromatic rings. The lowest BCUT2D eigenvalue weighted by molar-refractivity contribution is 0.628. The lowest BCUT2D eigenvalue weighted by Gasteiger charge is -2.08. The van der Waals surface area contributed by atoms with Gasteiger partial charge in [-0.15, -0.1) is 0 Å². The summed E-state index contributed by atoms with van der Waals surface area (Å²) in [7, 11) is 0. The molecule has 5 nitrogen and oxygen atoms in total.